The van der Waals surface area contributed by atoms with Crippen molar-refractivity contribution in [3.8, 4) is 0 Å². The number of anilines is 1. The van der Waals surface area contributed by atoms with Gasteiger partial charge in [0.2, 0.25) is 0 Å². The smallest absolute Gasteiger partial charge is 0.0556 e. The fraction of sp³-hybridized carbons (Fsp3) is 0.636. The highest BCUT2D eigenvalue weighted by Crippen LogP contribution is 2.22. The van der Waals surface area contributed by atoms with Gasteiger partial charge in [0.1, 0.15) is 0 Å². The summed E-state index contributed by atoms with van der Waals surface area (Å²) in [4.78, 5) is 2.43. The minimum Gasteiger partial charge on any atom is -0.395 e. The second kappa shape index (κ2) is 5.49. The van der Waals surface area contributed by atoms with E-state index < -0.39 is 0 Å². The monoisotopic (exact) mass is 226 g/mol. The number of nitrogens with zero attached hydrogens (tertiary/aromatic N) is 1. The van der Waals surface area contributed by atoms with Gasteiger partial charge in [-0.15, -0.1) is 0 Å². The van der Waals surface area contributed by atoms with Gasteiger partial charge < -0.3 is 15.3 Å². The lowest BCUT2D eigenvalue weighted by atomic mass is 10.1. The maximum absolute atomic E-state index is 8.77. The fourth-order valence-corrected chi connectivity index (χ4v) is 2.75. The molecule has 1 aromatic rings. The molecule has 15 heavy (non-hydrogen) atoms. The van der Waals surface area contributed by atoms with Gasteiger partial charge in [0.25, 0.3) is 0 Å². The molecule has 84 valence electrons. The minimum atomic E-state index is 0.231. The summed E-state index contributed by atoms with van der Waals surface area (Å²) in [6.07, 6.45) is 2.46. The van der Waals surface area contributed by atoms with Gasteiger partial charge in [-0.25, -0.2) is 0 Å². The van der Waals surface area contributed by atoms with Crippen molar-refractivity contribution >= 4 is 17.0 Å². The van der Waals surface area contributed by atoms with E-state index in [-0.39, 0.29) is 6.61 Å². The Labute approximate surface area is 94.7 Å². The molecule has 3 nitrogen and oxygen atoms in total. The number of piperidine rings is 1. The molecule has 0 radical (unpaired) electrons. The molecular weight excluding hydrogens is 208 g/mol. The van der Waals surface area contributed by atoms with Gasteiger partial charge in [-0.2, -0.15) is 11.3 Å². The predicted octanol–water partition coefficient (Wildman–Crippen LogP) is 1.30. The van der Waals surface area contributed by atoms with E-state index >= 15 is 0 Å². The normalized spacial score (nSPS) is 21.9. The van der Waals surface area contributed by atoms with Crippen LogP contribution in [-0.4, -0.2) is 37.4 Å². The van der Waals surface area contributed by atoms with E-state index in [4.69, 9.17) is 5.11 Å². The van der Waals surface area contributed by atoms with Crippen molar-refractivity contribution in [1.82, 2.24) is 5.32 Å². The van der Waals surface area contributed by atoms with Crippen molar-refractivity contribution in [2.45, 2.75) is 18.9 Å². The lowest BCUT2D eigenvalue weighted by molar-refractivity contribution is 0.278. The quantitative estimate of drug-likeness (QED) is 0.812. The zero-order valence-electron chi connectivity index (χ0n) is 8.85. The fourth-order valence-electron chi connectivity index (χ4n) is 2.08. The maximum Gasteiger partial charge on any atom is 0.0556 e. The van der Waals surface area contributed by atoms with Gasteiger partial charge in [0.05, 0.1) is 6.61 Å². The van der Waals surface area contributed by atoms with E-state index in [1.165, 1.54) is 18.5 Å². The average molecular weight is 226 g/mol. The minimum absolute atomic E-state index is 0.231. The van der Waals surface area contributed by atoms with Gasteiger partial charge in [0, 0.05) is 36.7 Å². The summed E-state index contributed by atoms with van der Waals surface area (Å²) >= 11 is 1.75. The van der Waals surface area contributed by atoms with Gasteiger partial charge in [0.15, 0.2) is 0 Å². The lowest BCUT2D eigenvalue weighted by Gasteiger charge is -2.34. The van der Waals surface area contributed by atoms with Crippen LogP contribution in [0.25, 0.3) is 0 Å². The van der Waals surface area contributed by atoms with Gasteiger partial charge in [-0.1, -0.05) is 0 Å². The van der Waals surface area contributed by atoms with Crippen LogP contribution in [0.4, 0.5) is 5.69 Å². The van der Waals surface area contributed by atoms with Crippen LogP contribution < -0.4 is 10.2 Å². The third-order valence-corrected chi connectivity index (χ3v) is 3.51. The van der Waals surface area contributed by atoms with Crippen molar-refractivity contribution in [2.24, 2.45) is 0 Å². The Bertz CT molecular complexity index is 276. The highest BCUT2D eigenvalue weighted by atomic mass is 32.1. The number of rotatable bonds is 4. The zero-order valence-corrected chi connectivity index (χ0v) is 9.67. The van der Waals surface area contributed by atoms with E-state index in [0.717, 1.165) is 13.1 Å². The summed E-state index contributed by atoms with van der Waals surface area (Å²) in [7, 11) is 0. The Morgan fingerprint density at radius 1 is 1.60 bits per heavy atom. The first-order chi connectivity index (χ1) is 7.40. The Morgan fingerprint density at radius 2 is 2.53 bits per heavy atom. The number of thiophene rings is 1. The Hall–Kier alpha value is -0.580. The molecular formula is C11H18N2OS. The van der Waals surface area contributed by atoms with Crippen molar-refractivity contribution < 1.29 is 5.11 Å². The number of hydrogen-bond acceptors (Lipinski definition) is 4. The summed E-state index contributed by atoms with van der Waals surface area (Å²) in [5.74, 6) is 0. The van der Waals surface area contributed by atoms with Crippen molar-refractivity contribution in [3.05, 3.63) is 16.8 Å². The first-order valence-electron chi connectivity index (χ1n) is 5.51. The molecule has 1 unspecified atom stereocenters. The standard InChI is InChI=1S/C11H18N2OS/c14-6-4-12-10-2-1-5-13(8-10)11-3-7-15-9-11/h3,7,9-10,12,14H,1-2,4-6,8H2. The summed E-state index contributed by atoms with van der Waals surface area (Å²) in [5, 5.41) is 16.5. The van der Waals surface area contributed by atoms with Crippen molar-refractivity contribution in [3.63, 3.8) is 0 Å². The molecule has 1 aliphatic rings. The second-order valence-electron chi connectivity index (χ2n) is 3.94. The summed E-state index contributed by atoms with van der Waals surface area (Å²) in [6.45, 7) is 3.17. The van der Waals surface area contributed by atoms with Gasteiger partial charge >= 0.3 is 0 Å². The van der Waals surface area contributed by atoms with Crippen LogP contribution in [0.5, 0.6) is 0 Å². The first-order valence-corrected chi connectivity index (χ1v) is 6.46. The Balaban J connectivity index is 1.87. The van der Waals surface area contributed by atoms with E-state index in [0.29, 0.717) is 12.6 Å². The van der Waals surface area contributed by atoms with E-state index in [1.807, 2.05) is 0 Å². The molecule has 1 aliphatic heterocycles. The molecule has 0 saturated carbocycles. The number of nitrogens with one attached hydrogen (secondary N) is 1. The third-order valence-electron chi connectivity index (χ3n) is 2.84. The predicted molar refractivity (Wildman–Crippen MR) is 64.6 cm³/mol. The van der Waals surface area contributed by atoms with Crippen molar-refractivity contribution in [2.75, 3.05) is 31.1 Å². The summed E-state index contributed by atoms with van der Waals surface area (Å²) in [5.41, 5.74) is 1.34. The summed E-state index contributed by atoms with van der Waals surface area (Å²) in [6, 6.07) is 2.71. The topological polar surface area (TPSA) is 35.5 Å². The summed E-state index contributed by atoms with van der Waals surface area (Å²) < 4.78 is 0. The molecule has 4 heteroatoms. The highest BCUT2D eigenvalue weighted by molar-refractivity contribution is 7.08. The van der Waals surface area contributed by atoms with E-state index in [1.54, 1.807) is 11.3 Å². The number of aliphatic hydroxyl groups excluding tert-OH is 1. The van der Waals surface area contributed by atoms with Crippen LogP contribution >= 0.6 is 11.3 Å². The van der Waals surface area contributed by atoms with Crippen LogP contribution in [0.1, 0.15) is 12.8 Å². The second-order valence-corrected chi connectivity index (χ2v) is 4.72. The van der Waals surface area contributed by atoms with Gasteiger partial charge in [-0.3, -0.25) is 0 Å². The van der Waals surface area contributed by atoms with Crippen molar-refractivity contribution in [1.29, 1.82) is 0 Å². The SMILES string of the molecule is OCCNC1CCCN(c2ccsc2)C1. The molecule has 0 spiro atoms. The molecule has 0 amide bonds. The molecule has 0 aromatic carbocycles. The van der Waals surface area contributed by atoms with Crippen LogP contribution in [0.2, 0.25) is 0 Å². The maximum atomic E-state index is 8.77. The Morgan fingerprint density at radius 3 is 3.27 bits per heavy atom. The third kappa shape index (κ3) is 2.93. The van der Waals surface area contributed by atoms with Crippen LogP contribution in [0.15, 0.2) is 16.8 Å². The highest BCUT2D eigenvalue weighted by Gasteiger charge is 2.19. The van der Waals surface area contributed by atoms with Crippen LogP contribution in [0, 0.1) is 0 Å². The molecule has 1 aromatic heterocycles. The molecule has 2 rings (SSSR count). The number of aliphatic hydroxyl groups is 1. The van der Waals surface area contributed by atoms with Crippen LogP contribution in [-0.2, 0) is 0 Å². The number of hydrogen-bond donors (Lipinski definition) is 2. The largest absolute Gasteiger partial charge is 0.395 e. The molecule has 0 aliphatic carbocycles. The van der Waals surface area contributed by atoms with E-state index in [9.17, 15) is 0 Å². The Kier molecular flexibility index (Phi) is 4.00. The molecule has 2 heterocycles. The average Bonchev–Trinajstić information content (AvgIpc) is 2.80. The molecule has 1 saturated heterocycles. The van der Waals surface area contributed by atoms with E-state index in [2.05, 4.69) is 27.0 Å². The molecule has 1 atom stereocenters. The lowest BCUT2D eigenvalue weighted by Crippen LogP contribution is -2.46. The zero-order chi connectivity index (χ0) is 10.5. The molecule has 2 N–H and O–H groups in total. The molecule has 0 bridgehead atoms. The van der Waals surface area contributed by atoms with Crippen LogP contribution in [0.3, 0.4) is 0 Å². The first kappa shape index (κ1) is 10.9. The molecule has 1 fully saturated rings. The van der Waals surface area contributed by atoms with Gasteiger partial charge in [-0.05, 0) is 24.3 Å².